The van der Waals surface area contributed by atoms with Gasteiger partial charge in [-0.3, -0.25) is 14.5 Å². The number of rotatable bonds is 2. The molecule has 3 rings (SSSR count). The Morgan fingerprint density at radius 2 is 2.16 bits per heavy atom. The third-order valence-electron chi connectivity index (χ3n) is 2.76. The smallest absolute Gasteiger partial charge is 0.297 e. The molecule has 1 amide bonds. The molecule has 1 aromatic carbocycles. The van der Waals surface area contributed by atoms with Crippen molar-refractivity contribution in [3.63, 3.8) is 0 Å². The maximum atomic E-state index is 12.0. The van der Waals surface area contributed by atoms with Gasteiger partial charge in [0, 0.05) is 16.0 Å². The van der Waals surface area contributed by atoms with E-state index in [1.807, 2.05) is 0 Å². The molecular weight excluding hydrogens is 354 g/mol. The second-order valence-corrected chi connectivity index (χ2v) is 6.06. The zero-order valence-electron chi connectivity index (χ0n) is 9.26. The standard InChI is InChI=1S/C11H5BrClN3O2S/c12-6-3-1-2-5-8(6)16(11(18)9(5)17)4-7-10(13)19-15-14-7/h1-3H,4H2. The SMILES string of the molecule is O=C1C(=O)N(Cc2nnsc2Cl)c2c(Br)cccc21. The summed E-state index contributed by atoms with van der Waals surface area (Å²) in [6.07, 6.45) is 0. The van der Waals surface area contributed by atoms with Gasteiger partial charge in [0.2, 0.25) is 0 Å². The molecule has 0 unspecified atom stereocenters. The number of amides is 1. The Hall–Kier alpha value is -1.31. The van der Waals surface area contributed by atoms with Crippen molar-refractivity contribution < 1.29 is 9.59 Å². The fraction of sp³-hybridized carbons (Fsp3) is 0.0909. The molecule has 8 heteroatoms. The number of Topliss-reactive ketones (excluding diaryl/α,β-unsaturated/α-hetero) is 1. The molecule has 96 valence electrons. The predicted molar refractivity (Wildman–Crippen MR) is 74.6 cm³/mol. The van der Waals surface area contributed by atoms with Crippen molar-refractivity contribution in [3.05, 3.63) is 38.3 Å². The van der Waals surface area contributed by atoms with Crippen LogP contribution < -0.4 is 4.90 Å². The number of ketones is 1. The van der Waals surface area contributed by atoms with Crippen LogP contribution in [-0.4, -0.2) is 21.3 Å². The summed E-state index contributed by atoms with van der Waals surface area (Å²) in [7, 11) is 0. The minimum absolute atomic E-state index is 0.134. The first-order valence-electron chi connectivity index (χ1n) is 5.21. The molecule has 0 bridgehead atoms. The Morgan fingerprint density at radius 1 is 1.37 bits per heavy atom. The molecule has 1 aliphatic rings. The highest BCUT2D eigenvalue weighted by atomic mass is 79.9. The van der Waals surface area contributed by atoms with Crippen molar-refractivity contribution in [2.45, 2.75) is 6.54 Å². The quantitative estimate of drug-likeness (QED) is 0.774. The van der Waals surface area contributed by atoms with Gasteiger partial charge in [0.05, 0.1) is 17.8 Å². The number of para-hydroxylation sites is 1. The van der Waals surface area contributed by atoms with Crippen molar-refractivity contribution in [1.29, 1.82) is 0 Å². The summed E-state index contributed by atoms with van der Waals surface area (Å²) >= 11 is 10.3. The molecule has 0 N–H and O–H groups in total. The van der Waals surface area contributed by atoms with Crippen LogP contribution in [0.5, 0.6) is 0 Å². The van der Waals surface area contributed by atoms with E-state index < -0.39 is 11.7 Å². The first kappa shape index (κ1) is 12.7. The van der Waals surface area contributed by atoms with Crippen LogP contribution >= 0.6 is 39.1 Å². The Bertz CT molecular complexity index is 703. The van der Waals surface area contributed by atoms with Crippen LogP contribution in [0.15, 0.2) is 22.7 Å². The molecule has 1 aliphatic heterocycles. The van der Waals surface area contributed by atoms with E-state index in [1.165, 1.54) is 4.90 Å². The highest BCUT2D eigenvalue weighted by Gasteiger charge is 2.37. The molecule has 0 saturated heterocycles. The Kier molecular flexibility index (Phi) is 3.12. The summed E-state index contributed by atoms with van der Waals surface area (Å²) in [5.41, 5.74) is 1.43. The molecule has 1 aromatic heterocycles. The van der Waals surface area contributed by atoms with Crippen molar-refractivity contribution in [2.75, 3.05) is 4.90 Å². The van der Waals surface area contributed by atoms with Crippen molar-refractivity contribution >= 4 is 56.4 Å². The van der Waals surface area contributed by atoms with Crippen LogP contribution in [0.4, 0.5) is 5.69 Å². The Labute approximate surface area is 125 Å². The lowest BCUT2D eigenvalue weighted by Crippen LogP contribution is -2.29. The van der Waals surface area contributed by atoms with E-state index in [2.05, 4.69) is 25.5 Å². The number of fused-ring (bicyclic) bond motifs is 1. The van der Waals surface area contributed by atoms with Gasteiger partial charge >= 0.3 is 0 Å². The number of nitrogens with zero attached hydrogens (tertiary/aromatic N) is 3. The highest BCUT2D eigenvalue weighted by molar-refractivity contribution is 9.10. The summed E-state index contributed by atoms with van der Waals surface area (Å²) in [5, 5.41) is 3.86. The fourth-order valence-electron chi connectivity index (χ4n) is 1.90. The van der Waals surface area contributed by atoms with Crippen molar-refractivity contribution in [1.82, 2.24) is 9.59 Å². The molecule has 0 atom stereocenters. The van der Waals surface area contributed by atoms with Crippen LogP contribution in [0, 0.1) is 0 Å². The maximum Gasteiger partial charge on any atom is 0.299 e. The number of benzene rings is 1. The largest absolute Gasteiger partial charge is 0.299 e. The van der Waals surface area contributed by atoms with E-state index in [0.717, 1.165) is 11.5 Å². The number of hydrogen-bond donors (Lipinski definition) is 0. The summed E-state index contributed by atoms with van der Waals surface area (Å²) in [4.78, 5) is 25.3. The van der Waals surface area contributed by atoms with Gasteiger partial charge in [-0.1, -0.05) is 22.2 Å². The van der Waals surface area contributed by atoms with Gasteiger partial charge in [-0.2, -0.15) is 0 Å². The van der Waals surface area contributed by atoms with Crippen LogP contribution in [0.3, 0.4) is 0 Å². The van der Waals surface area contributed by atoms with Gasteiger partial charge in [-0.15, -0.1) is 5.10 Å². The third kappa shape index (κ3) is 1.98. The molecule has 5 nitrogen and oxygen atoms in total. The van der Waals surface area contributed by atoms with E-state index in [9.17, 15) is 9.59 Å². The number of hydrogen-bond acceptors (Lipinski definition) is 5. The minimum Gasteiger partial charge on any atom is -0.297 e. The van der Waals surface area contributed by atoms with Gasteiger partial charge in [-0.05, 0) is 28.1 Å². The normalized spacial score (nSPS) is 14.1. The average Bonchev–Trinajstić information content (AvgIpc) is 2.89. The topological polar surface area (TPSA) is 63.2 Å². The number of carbonyl (C=O) groups excluding carboxylic acids is 2. The number of halogens is 2. The lowest BCUT2D eigenvalue weighted by molar-refractivity contribution is -0.114. The highest BCUT2D eigenvalue weighted by Crippen LogP contribution is 2.37. The zero-order chi connectivity index (χ0) is 13.6. The third-order valence-corrected chi connectivity index (χ3v) is 4.38. The van der Waals surface area contributed by atoms with E-state index >= 15 is 0 Å². The first-order chi connectivity index (χ1) is 9.09. The number of anilines is 1. The van der Waals surface area contributed by atoms with Crippen molar-refractivity contribution in [3.8, 4) is 0 Å². The van der Waals surface area contributed by atoms with E-state index in [-0.39, 0.29) is 6.54 Å². The molecule has 0 fully saturated rings. The van der Waals surface area contributed by atoms with E-state index in [1.54, 1.807) is 18.2 Å². The number of aromatic nitrogens is 2. The average molecular weight is 359 g/mol. The van der Waals surface area contributed by atoms with Crippen LogP contribution in [0.2, 0.25) is 4.34 Å². The van der Waals surface area contributed by atoms with E-state index in [0.29, 0.717) is 25.8 Å². The molecule has 0 spiro atoms. The molecule has 19 heavy (non-hydrogen) atoms. The van der Waals surface area contributed by atoms with E-state index in [4.69, 9.17) is 11.6 Å². The minimum atomic E-state index is -0.578. The van der Waals surface area contributed by atoms with Crippen LogP contribution in [0.1, 0.15) is 16.1 Å². The Morgan fingerprint density at radius 3 is 2.84 bits per heavy atom. The lowest BCUT2D eigenvalue weighted by atomic mass is 10.1. The van der Waals surface area contributed by atoms with Gasteiger partial charge < -0.3 is 0 Å². The monoisotopic (exact) mass is 357 g/mol. The molecular formula is C11H5BrClN3O2S. The number of carbonyl (C=O) groups is 2. The lowest BCUT2D eigenvalue weighted by Gasteiger charge is -2.16. The Balaban J connectivity index is 2.07. The molecule has 2 heterocycles. The summed E-state index contributed by atoms with van der Waals surface area (Å²) in [5.74, 6) is -1.10. The molecule has 0 radical (unpaired) electrons. The summed E-state index contributed by atoms with van der Waals surface area (Å²) in [6.45, 7) is 0.134. The van der Waals surface area contributed by atoms with Gasteiger partial charge in [0.25, 0.3) is 11.7 Å². The van der Waals surface area contributed by atoms with Gasteiger partial charge in [0.15, 0.2) is 0 Å². The van der Waals surface area contributed by atoms with Crippen LogP contribution in [-0.2, 0) is 11.3 Å². The molecule has 0 saturated carbocycles. The zero-order valence-corrected chi connectivity index (χ0v) is 12.4. The predicted octanol–water partition coefficient (Wildman–Crippen LogP) is 2.68. The fourth-order valence-corrected chi connectivity index (χ4v) is 3.10. The maximum absolute atomic E-state index is 12.0. The molecule has 0 aliphatic carbocycles. The second-order valence-electron chi connectivity index (χ2n) is 3.85. The molecule has 2 aromatic rings. The van der Waals surface area contributed by atoms with Crippen molar-refractivity contribution in [2.24, 2.45) is 0 Å². The summed E-state index contributed by atoms with van der Waals surface area (Å²) in [6, 6.07) is 5.12. The summed E-state index contributed by atoms with van der Waals surface area (Å²) < 4.78 is 4.81. The first-order valence-corrected chi connectivity index (χ1v) is 7.15. The second kappa shape index (κ2) is 4.66. The van der Waals surface area contributed by atoms with Crippen LogP contribution in [0.25, 0.3) is 0 Å². The van der Waals surface area contributed by atoms with Gasteiger partial charge in [0.1, 0.15) is 10.0 Å². The van der Waals surface area contributed by atoms with Gasteiger partial charge in [-0.25, -0.2) is 0 Å².